The van der Waals surface area contributed by atoms with Crippen LogP contribution in [0.3, 0.4) is 0 Å². The number of fused-ring (bicyclic) bond motifs is 1. The third kappa shape index (κ3) is 3.40. The van der Waals surface area contributed by atoms with E-state index in [2.05, 4.69) is 21.4 Å². The second-order valence-corrected chi connectivity index (χ2v) is 6.28. The molecule has 5 heteroatoms. The molecule has 0 saturated carbocycles. The van der Waals surface area contributed by atoms with Gasteiger partial charge in [-0.25, -0.2) is 4.79 Å². The minimum absolute atomic E-state index is 0.0149. The van der Waals surface area contributed by atoms with Gasteiger partial charge in [-0.1, -0.05) is 29.8 Å². The lowest BCUT2D eigenvalue weighted by atomic mass is 10.0. The van der Waals surface area contributed by atoms with Crippen LogP contribution in [0, 0.1) is 13.8 Å². The number of imidazole rings is 1. The van der Waals surface area contributed by atoms with Gasteiger partial charge < -0.3 is 15.3 Å². The first-order chi connectivity index (χ1) is 11.4. The van der Waals surface area contributed by atoms with Gasteiger partial charge >= 0.3 is 5.69 Å². The van der Waals surface area contributed by atoms with Crippen LogP contribution in [0.4, 0.5) is 0 Å². The topological polar surface area (TPSA) is 77.8 Å². The van der Waals surface area contributed by atoms with Crippen molar-refractivity contribution in [3.05, 3.63) is 69.1 Å². The Morgan fingerprint density at radius 2 is 1.83 bits per heavy atom. The highest BCUT2D eigenvalue weighted by Gasteiger charge is 2.12. The highest BCUT2D eigenvalue weighted by molar-refractivity contribution is 5.80. The Bertz CT molecular complexity index is 953. The quantitative estimate of drug-likeness (QED) is 0.690. The van der Waals surface area contributed by atoms with Crippen LogP contribution >= 0.6 is 0 Å². The minimum atomic E-state index is -0.228. The molecular formula is C19H21N3O2. The molecule has 0 bridgehead atoms. The maximum absolute atomic E-state index is 12.4. The van der Waals surface area contributed by atoms with Gasteiger partial charge in [-0.05, 0) is 49.6 Å². The van der Waals surface area contributed by atoms with Crippen molar-refractivity contribution in [3.63, 3.8) is 0 Å². The van der Waals surface area contributed by atoms with E-state index in [1.165, 1.54) is 0 Å². The van der Waals surface area contributed by atoms with Gasteiger partial charge in [0.05, 0.1) is 23.5 Å². The number of aromatic nitrogens is 2. The van der Waals surface area contributed by atoms with Crippen molar-refractivity contribution in [2.45, 2.75) is 33.2 Å². The number of amides is 1. The van der Waals surface area contributed by atoms with Crippen LogP contribution in [-0.4, -0.2) is 15.9 Å². The standard InChI is InChI=1S/C19H21N3O2/c1-11-4-5-12(2)15(8-11)10-18(23)20-13(3)14-6-7-16-17(9-14)22-19(24)21-16/h4-9,13H,10H2,1-3H3,(H,20,23)(H2,21,22,24)/t13-/m0/s1. The Kier molecular flexibility index (Phi) is 4.25. The van der Waals surface area contributed by atoms with Gasteiger partial charge in [-0.15, -0.1) is 0 Å². The number of aryl methyl sites for hydroxylation is 2. The van der Waals surface area contributed by atoms with Gasteiger partial charge in [0.25, 0.3) is 0 Å². The molecule has 1 heterocycles. The fraction of sp³-hybridized carbons (Fsp3) is 0.263. The first-order valence-electron chi connectivity index (χ1n) is 8.00. The molecule has 0 fully saturated rings. The molecular weight excluding hydrogens is 302 g/mol. The molecule has 24 heavy (non-hydrogen) atoms. The van der Waals surface area contributed by atoms with Gasteiger partial charge in [-0.3, -0.25) is 4.79 Å². The van der Waals surface area contributed by atoms with Crippen LogP contribution in [0.2, 0.25) is 0 Å². The van der Waals surface area contributed by atoms with E-state index in [-0.39, 0.29) is 17.6 Å². The molecule has 0 unspecified atom stereocenters. The molecule has 3 aromatic rings. The second kappa shape index (κ2) is 6.35. The Balaban J connectivity index is 1.72. The van der Waals surface area contributed by atoms with Crippen molar-refractivity contribution in [2.75, 3.05) is 0 Å². The fourth-order valence-corrected chi connectivity index (χ4v) is 2.86. The van der Waals surface area contributed by atoms with E-state index in [0.717, 1.165) is 33.3 Å². The third-order valence-corrected chi connectivity index (χ3v) is 4.27. The molecule has 1 atom stereocenters. The maximum atomic E-state index is 12.4. The van der Waals surface area contributed by atoms with Gasteiger partial charge in [0.15, 0.2) is 0 Å². The van der Waals surface area contributed by atoms with Crippen LogP contribution in [0.15, 0.2) is 41.2 Å². The number of H-pyrrole nitrogens is 2. The van der Waals surface area contributed by atoms with E-state index < -0.39 is 0 Å². The average molecular weight is 323 g/mol. The van der Waals surface area contributed by atoms with Crippen molar-refractivity contribution in [1.82, 2.24) is 15.3 Å². The summed E-state index contributed by atoms with van der Waals surface area (Å²) in [5, 5.41) is 3.02. The van der Waals surface area contributed by atoms with Crippen LogP contribution in [0.5, 0.6) is 0 Å². The lowest BCUT2D eigenvalue weighted by molar-refractivity contribution is -0.121. The molecule has 2 aromatic carbocycles. The summed E-state index contributed by atoms with van der Waals surface area (Å²) in [7, 11) is 0. The SMILES string of the molecule is Cc1ccc(C)c(CC(=O)N[C@@H](C)c2ccc3[nH]c(=O)[nH]c3c2)c1. The normalized spacial score (nSPS) is 12.3. The van der Waals surface area contributed by atoms with E-state index in [0.29, 0.717) is 6.42 Å². The number of aromatic amines is 2. The Hall–Kier alpha value is -2.82. The summed E-state index contributed by atoms with van der Waals surface area (Å²) >= 11 is 0. The largest absolute Gasteiger partial charge is 0.349 e. The zero-order valence-corrected chi connectivity index (χ0v) is 14.1. The molecule has 1 amide bonds. The number of rotatable bonds is 4. The van der Waals surface area contributed by atoms with Crippen molar-refractivity contribution < 1.29 is 4.79 Å². The monoisotopic (exact) mass is 323 g/mol. The van der Waals surface area contributed by atoms with E-state index >= 15 is 0 Å². The molecule has 0 spiro atoms. The maximum Gasteiger partial charge on any atom is 0.323 e. The van der Waals surface area contributed by atoms with Gasteiger partial charge in [0, 0.05) is 0 Å². The molecule has 1 aromatic heterocycles. The Morgan fingerprint density at radius 1 is 1.08 bits per heavy atom. The smallest absolute Gasteiger partial charge is 0.323 e. The van der Waals surface area contributed by atoms with E-state index in [9.17, 15) is 9.59 Å². The summed E-state index contributed by atoms with van der Waals surface area (Å²) in [6, 6.07) is 11.6. The van der Waals surface area contributed by atoms with Gasteiger partial charge in [0.2, 0.25) is 5.91 Å². The van der Waals surface area contributed by atoms with Crippen molar-refractivity contribution in [3.8, 4) is 0 Å². The lowest BCUT2D eigenvalue weighted by Crippen LogP contribution is -2.28. The first kappa shape index (κ1) is 16.1. The van der Waals surface area contributed by atoms with Crippen LogP contribution in [-0.2, 0) is 11.2 Å². The Labute approximate surface area is 140 Å². The van der Waals surface area contributed by atoms with Crippen molar-refractivity contribution in [2.24, 2.45) is 0 Å². The van der Waals surface area contributed by atoms with E-state index in [1.807, 2.05) is 51.1 Å². The molecule has 3 rings (SSSR count). The van der Waals surface area contributed by atoms with E-state index in [1.54, 1.807) is 0 Å². The summed E-state index contributed by atoms with van der Waals surface area (Å²) < 4.78 is 0. The predicted molar refractivity (Wildman–Crippen MR) is 95.1 cm³/mol. The molecule has 3 N–H and O–H groups in total. The predicted octanol–water partition coefficient (Wildman–Crippen LogP) is 2.89. The lowest BCUT2D eigenvalue weighted by Gasteiger charge is -2.15. The molecule has 0 aliphatic carbocycles. The number of carbonyl (C=O) groups excluding carboxylic acids is 1. The van der Waals surface area contributed by atoms with Crippen molar-refractivity contribution in [1.29, 1.82) is 0 Å². The summed E-state index contributed by atoms with van der Waals surface area (Å²) in [6.45, 7) is 5.98. The molecule has 0 saturated heterocycles. The number of carbonyl (C=O) groups is 1. The highest BCUT2D eigenvalue weighted by Crippen LogP contribution is 2.18. The summed E-state index contributed by atoms with van der Waals surface area (Å²) in [5.74, 6) is -0.0149. The number of hydrogen-bond acceptors (Lipinski definition) is 2. The minimum Gasteiger partial charge on any atom is -0.349 e. The molecule has 5 nitrogen and oxygen atoms in total. The molecule has 0 aliphatic rings. The van der Waals surface area contributed by atoms with Crippen LogP contribution in [0.1, 0.15) is 35.2 Å². The van der Waals surface area contributed by atoms with Gasteiger partial charge in [0.1, 0.15) is 0 Å². The van der Waals surface area contributed by atoms with Crippen LogP contribution < -0.4 is 11.0 Å². The van der Waals surface area contributed by atoms with Crippen LogP contribution in [0.25, 0.3) is 11.0 Å². The zero-order valence-electron chi connectivity index (χ0n) is 14.1. The molecule has 0 radical (unpaired) electrons. The summed E-state index contributed by atoms with van der Waals surface area (Å²) in [6.07, 6.45) is 0.362. The summed E-state index contributed by atoms with van der Waals surface area (Å²) in [4.78, 5) is 29.1. The zero-order chi connectivity index (χ0) is 17.3. The third-order valence-electron chi connectivity index (χ3n) is 4.27. The average Bonchev–Trinajstić information content (AvgIpc) is 2.89. The molecule has 0 aliphatic heterocycles. The highest BCUT2D eigenvalue weighted by atomic mass is 16.1. The summed E-state index contributed by atoms with van der Waals surface area (Å²) in [5.41, 5.74) is 5.55. The number of benzene rings is 2. The Morgan fingerprint density at radius 3 is 2.62 bits per heavy atom. The van der Waals surface area contributed by atoms with Crippen molar-refractivity contribution >= 4 is 16.9 Å². The number of hydrogen-bond donors (Lipinski definition) is 3. The second-order valence-electron chi connectivity index (χ2n) is 6.28. The number of nitrogens with one attached hydrogen (secondary N) is 3. The van der Waals surface area contributed by atoms with E-state index in [4.69, 9.17) is 0 Å². The first-order valence-corrected chi connectivity index (χ1v) is 8.00. The molecule has 124 valence electrons. The fourth-order valence-electron chi connectivity index (χ4n) is 2.86. The van der Waals surface area contributed by atoms with Gasteiger partial charge in [-0.2, -0.15) is 0 Å².